The number of nitrogens with two attached hydrogens (primary N) is 3. The molecule has 11 heteroatoms. The van der Waals surface area contributed by atoms with Crippen molar-refractivity contribution in [2.45, 2.75) is 49.9 Å². The molecule has 2 atom stereocenters. The van der Waals surface area contributed by atoms with Crippen LogP contribution in [0.2, 0.25) is 0 Å². The summed E-state index contributed by atoms with van der Waals surface area (Å²) in [5.74, 6) is 0.329. The number of aromatic nitrogens is 4. The Hall–Kier alpha value is -2.50. The molecule has 2 aliphatic rings. The van der Waals surface area contributed by atoms with Crippen LogP contribution in [0.5, 0.6) is 0 Å². The van der Waals surface area contributed by atoms with Gasteiger partial charge in [0.15, 0.2) is 11.5 Å². The Bertz CT molecular complexity index is 919. The van der Waals surface area contributed by atoms with Gasteiger partial charge in [0.25, 0.3) is 0 Å². The van der Waals surface area contributed by atoms with E-state index < -0.39 is 17.2 Å². The number of aliphatic hydroxyl groups is 1. The Labute approximate surface area is 168 Å². The van der Waals surface area contributed by atoms with E-state index in [0.717, 1.165) is 0 Å². The third-order valence-electron chi connectivity index (χ3n) is 6.13. The zero-order valence-electron chi connectivity index (χ0n) is 16.5. The Morgan fingerprint density at radius 2 is 2.07 bits per heavy atom. The molecule has 0 aromatic carbocycles. The van der Waals surface area contributed by atoms with E-state index in [4.69, 9.17) is 21.9 Å². The molecular formula is C18H28N8O3. The van der Waals surface area contributed by atoms with E-state index in [1.807, 2.05) is 4.90 Å². The first-order valence-electron chi connectivity index (χ1n) is 9.84. The van der Waals surface area contributed by atoms with Gasteiger partial charge < -0.3 is 36.5 Å². The number of imidazole rings is 1. The number of piperidine rings is 1. The molecule has 158 valence electrons. The smallest absolute Gasteiger partial charge is 0.224 e. The molecule has 4 heterocycles. The van der Waals surface area contributed by atoms with E-state index in [2.05, 4.69) is 15.0 Å². The van der Waals surface area contributed by atoms with Crippen molar-refractivity contribution in [3.05, 3.63) is 6.33 Å². The maximum Gasteiger partial charge on any atom is 0.224 e. The molecule has 0 saturated carbocycles. The highest BCUT2D eigenvalue weighted by atomic mass is 16.5. The molecule has 1 spiro atoms. The summed E-state index contributed by atoms with van der Waals surface area (Å²) in [5, 5.41) is 11.3. The minimum atomic E-state index is -1.07. The summed E-state index contributed by atoms with van der Waals surface area (Å²) in [6.45, 7) is 3.65. The van der Waals surface area contributed by atoms with Crippen LogP contribution in [-0.4, -0.2) is 72.9 Å². The highest BCUT2D eigenvalue weighted by Crippen LogP contribution is 2.44. The fourth-order valence-electron chi connectivity index (χ4n) is 4.59. The number of nitrogen functional groups attached to an aromatic ring is 2. The fourth-order valence-corrected chi connectivity index (χ4v) is 4.59. The SMILES string of the molecule is C[C@]1(O)CC2(CCN(C(=O)CCN)CC2)OC[C@@H]1n1cnc2c(N)nc(N)nc21. The number of amides is 1. The average Bonchev–Trinajstić information content (AvgIpc) is 3.05. The van der Waals surface area contributed by atoms with Crippen molar-refractivity contribution in [1.82, 2.24) is 24.4 Å². The molecule has 2 aliphatic heterocycles. The molecule has 1 amide bonds. The Kier molecular flexibility index (Phi) is 4.83. The van der Waals surface area contributed by atoms with Gasteiger partial charge in [0, 0.05) is 32.5 Å². The quantitative estimate of drug-likeness (QED) is 0.522. The van der Waals surface area contributed by atoms with Crippen LogP contribution in [0, 0.1) is 0 Å². The van der Waals surface area contributed by atoms with Crippen LogP contribution in [0.3, 0.4) is 0 Å². The number of hydrogen-bond acceptors (Lipinski definition) is 9. The van der Waals surface area contributed by atoms with Crippen molar-refractivity contribution >= 4 is 28.8 Å². The minimum absolute atomic E-state index is 0.0547. The summed E-state index contributed by atoms with van der Waals surface area (Å²) >= 11 is 0. The van der Waals surface area contributed by atoms with E-state index in [0.29, 0.717) is 63.1 Å². The van der Waals surface area contributed by atoms with Crippen LogP contribution in [0.4, 0.5) is 11.8 Å². The number of likely N-dealkylation sites (tertiary alicyclic amines) is 1. The van der Waals surface area contributed by atoms with Gasteiger partial charge in [-0.1, -0.05) is 0 Å². The van der Waals surface area contributed by atoms with Gasteiger partial charge in [-0.15, -0.1) is 0 Å². The monoisotopic (exact) mass is 404 g/mol. The number of carbonyl (C=O) groups excluding carboxylic acids is 1. The summed E-state index contributed by atoms with van der Waals surface area (Å²) < 4.78 is 8.06. The third kappa shape index (κ3) is 3.49. The fraction of sp³-hybridized carbons (Fsp3) is 0.667. The van der Waals surface area contributed by atoms with E-state index in [9.17, 15) is 9.90 Å². The second-order valence-electron chi connectivity index (χ2n) is 8.25. The van der Waals surface area contributed by atoms with Crippen molar-refractivity contribution in [1.29, 1.82) is 0 Å². The molecule has 0 bridgehead atoms. The van der Waals surface area contributed by atoms with Gasteiger partial charge in [0.1, 0.15) is 5.52 Å². The maximum absolute atomic E-state index is 12.1. The van der Waals surface area contributed by atoms with Gasteiger partial charge in [-0.05, 0) is 19.8 Å². The van der Waals surface area contributed by atoms with Crippen molar-refractivity contribution in [3.63, 3.8) is 0 Å². The lowest BCUT2D eigenvalue weighted by molar-refractivity contribution is -0.196. The second kappa shape index (κ2) is 7.08. The number of ether oxygens (including phenoxy) is 1. The topological polar surface area (TPSA) is 171 Å². The number of hydrogen-bond donors (Lipinski definition) is 4. The molecule has 0 radical (unpaired) electrons. The number of nitrogens with zero attached hydrogens (tertiary/aromatic N) is 5. The maximum atomic E-state index is 12.1. The van der Waals surface area contributed by atoms with E-state index in [1.165, 1.54) is 0 Å². The van der Waals surface area contributed by atoms with Crippen molar-refractivity contribution in [3.8, 4) is 0 Å². The highest BCUT2D eigenvalue weighted by molar-refractivity contribution is 5.82. The van der Waals surface area contributed by atoms with E-state index in [1.54, 1.807) is 17.8 Å². The minimum Gasteiger partial charge on any atom is -0.388 e. The summed E-state index contributed by atoms with van der Waals surface area (Å²) in [7, 11) is 0. The lowest BCUT2D eigenvalue weighted by Crippen LogP contribution is -2.58. The van der Waals surface area contributed by atoms with Gasteiger partial charge in [0.2, 0.25) is 11.9 Å². The Morgan fingerprint density at radius 3 is 2.72 bits per heavy atom. The molecule has 2 aromatic heterocycles. The van der Waals surface area contributed by atoms with Crippen LogP contribution in [0.25, 0.3) is 11.2 Å². The standard InChI is InChI=1S/C18H28N8O3/c1-17(28)9-18(3-6-25(7-4-18)12(27)2-5-19)29-8-11(17)26-10-22-13-14(20)23-16(21)24-15(13)26/h10-11,28H,2-9,19H2,1H3,(H4,20,21,23,24)/t11-,17-/m0/s1. The first-order chi connectivity index (χ1) is 13.7. The second-order valence-corrected chi connectivity index (χ2v) is 8.25. The summed E-state index contributed by atoms with van der Waals surface area (Å²) in [4.78, 5) is 26.4. The lowest BCUT2D eigenvalue weighted by Gasteiger charge is -2.51. The van der Waals surface area contributed by atoms with Crippen molar-refractivity contribution in [2.75, 3.05) is 37.7 Å². The molecule has 2 saturated heterocycles. The zero-order valence-corrected chi connectivity index (χ0v) is 16.5. The molecule has 7 N–H and O–H groups in total. The molecular weight excluding hydrogens is 376 g/mol. The molecule has 4 rings (SSSR count). The van der Waals surface area contributed by atoms with Crippen molar-refractivity contribution < 1.29 is 14.6 Å². The first-order valence-corrected chi connectivity index (χ1v) is 9.84. The van der Waals surface area contributed by atoms with Crippen molar-refractivity contribution in [2.24, 2.45) is 5.73 Å². The Morgan fingerprint density at radius 1 is 1.34 bits per heavy atom. The lowest BCUT2D eigenvalue weighted by atomic mass is 9.75. The third-order valence-corrected chi connectivity index (χ3v) is 6.13. The Balaban J connectivity index is 1.53. The molecule has 11 nitrogen and oxygen atoms in total. The normalized spacial score (nSPS) is 26.9. The van der Waals surface area contributed by atoms with Gasteiger partial charge in [-0.2, -0.15) is 9.97 Å². The average molecular weight is 404 g/mol. The number of rotatable bonds is 3. The molecule has 0 aliphatic carbocycles. The largest absolute Gasteiger partial charge is 0.388 e. The van der Waals surface area contributed by atoms with Crippen LogP contribution in [0.15, 0.2) is 6.33 Å². The van der Waals surface area contributed by atoms with Crippen LogP contribution in [-0.2, 0) is 9.53 Å². The first kappa shape index (κ1) is 19.8. The number of carbonyl (C=O) groups is 1. The van der Waals surface area contributed by atoms with Crippen LogP contribution >= 0.6 is 0 Å². The number of fused-ring (bicyclic) bond motifs is 1. The predicted octanol–water partition coefficient (Wildman–Crippen LogP) is -0.587. The van der Waals surface area contributed by atoms with Gasteiger partial charge in [-0.25, -0.2) is 4.98 Å². The molecule has 2 fully saturated rings. The van der Waals surface area contributed by atoms with Crippen LogP contribution in [0.1, 0.15) is 38.6 Å². The zero-order chi connectivity index (χ0) is 20.8. The molecule has 29 heavy (non-hydrogen) atoms. The summed E-state index contributed by atoms with van der Waals surface area (Å²) in [6, 6.07) is -0.399. The number of anilines is 2. The predicted molar refractivity (Wildman–Crippen MR) is 107 cm³/mol. The van der Waals surface area contributed by atoms with Crippen LogP contribution < -0.4 is 17.2 Å². The summed E-state index contributed by atoms with van der Waals surface area (Å²) in [6.07, 6.45) is 3.75. The molecule has 2 aromatic rings. The van der Waals surface area contributed by atoms with Gasteiger partial charge in [0.05, 0.1) is 30.2 Å². The highest BCUT2D eigenvalue weighted by Gasteiger charge is 2.50. The van der Waals surface area contributed by atoms with E-state index in [-0.39, 0.29) is 17.7 Å². The molecule has 0 unspecified atom stereocenters. The van der Waals surface area contributed by atoms with E-state index >= 15 is 0 Å². The van der Waals surface area contributed by atoms with Gasteiger partial charge in [-0.3, -0.25) is 4.79 Å². The summed E-state index contributed by atoms with van der Waals surface area (Å²) in [5.41, 5.74) is 16.5. The van der Waals surface area contributed by atoms with Gasteiger partial charge >= 0.3 is 0 Å².